The third kappa shape index (κ3) is 1.62. The minimum atomic E-state index is 0.220. The molecule has 2 aromatic heterocycles. The molecule has 1 atom stereocenters. The first-order chi connectivity index (χ1) is 8.85. The summed E-state index contributed by atoms with van der Waals surface area (Å²) in [4.78, 5) is 4.21. The molecule has 1 spiro atoms. The lowest BCUT2D eigenvalue weighted by Crippen LogP contribution is -2.14. The molecule has 1 N–H and O–H groups in total. The summed E-state index contributed by atoms with van der Waals surface area (Å²) in [7, 11) is 0. The van der Waals surface area contributed by atoms with Gasteiger partial charge < -0.3 is 9.73 Å². The molecule has 0 aromatic carbocycles. The molecule has 3 heterocycles. The molecule has 92 valence electrons. The van der Waals surface area contributed by atoms with Crippen molar-refractivity contribution in [3.8, 4) is 11.6 Å². The van der Waals surface area contributed by atoms with Crippen molar-refractivity contribution in [1.82, 2.24) is 20.5 Å². The van der Waals surface area contributed by atoms with Crippen molar-refractivity contribution < 1.29 is 4.42 Å². The van der Waals surface area contributed by atoms with Crippen LogP contribution in [0.4, 0.5) is 0 Å². The number of pyridine rings is 1. The van der Waals surface area contributed by atoms with Gasteiger partial charge in [0.2, 0.25) is 5.89 Å². The van der Waals surface area contributed by atoms with E-state index in [1.807, 2.05) is 18.2 Å². The first-order valence-electron chi connectivity index (χ1n) is 6.33. The minimum Gasteiger partial charge on any atom is -0.418 e. The molecule has 2 fully saturated rings. The van der Waals surface area contributed by atoms with Crippen molar-refractivity contribution in [2.45, 2.75) is 25.3 Å². The molecule has 1 saturated heterocycles. The molecule has 5 nitrogen and oxygen atoms in total. The zero-order valence-electron chi connectivity index (χ0n) is 9.97. The fourth-order valence-corrected chi connectivity index (χ4v) is 2.62. The molecule has 5 heteroatoms. The second kappa shape index (κ2) is 3.62. The third-order valence-corrected chi connectivity index (χ3v) is 3.94. The highest BCUT2D eigenvalue weighted by molar-refractivity contribution is 5.45. The van der Waals surface area contributed by atoms with Gasteiger partial charge in [0.1, 0.15) is 5.69 Å². The largest absolute Gasteiger partial charge is 0.418 e. The van der Waals surface area contributed by atoms with Gasteiger partial charge in [0.25, 0.3) is 5.89 Å². The SMILES string of the molecule is c1ccc(-c2nnc([C@@H]3CC4(CC4)CN3)o2)nc1. The highest BCUT2D eigenvalue weighted by Crippen LogP contribution is 2.54. The van der Waals surface area contributed by atoms with Gasteiger partial charge in [-0.1, -0.05) is 6.07 Å². The summed E-state index contributed by atoms with van der Waals surface area (Å²) in [6.07, 6.45) is 5.51. The van der Waals surface area contributed by atoms with Gasteiger partial charge in [-0.2, -0.15) is 0 Å². The lowest BCUT2D eigenvalue weighted by Gasteiger charge is -2.03. The standard InChI is InChI=1S/C13H14N4O/c1-2-6-14-9(3-1)11-16-17-12(18-11)10-7-13(4-5-13)8-15-10/h1-3,6,10,15H,4-5,7-8H2/t10-/m0/s1. The van der Waals surface area contributed by atoms with E-state index in [0.717, 1.165) is 18.7 Å². The molecule has 1 saturated carbocycles. The third-order valence-electron chi connectivity index (χ3n) is 3.94. The first kappa shape index (κ1) is 10.2. The summed E-state index contributed by atoms with van der Waals surface area (Å²) in [6.45, 7) is 1.08. The van der Waals surface area contributed by atoms with Gasteiger partial charge in [-0.25, -0.2) is 0 Å². The van der Waals surface area contributed by atoms with Gasteiger partial charge in [-0.15, -0.1) is 10.2 Å². The van der Waals surface area contributed by atoms with E-state index in [9.17, 15) is 0 Å². The van der Waals surface area contributed by atoms with E-state index in [0.29, 0.717) is 17.2 Å². The fourth-order valence-electron chi connectivity index (χ4n) is 2.62. The van der Waals surface area contributed by atoms with Gasteiger partial charge in [-0.3, -0.25) is 4.98 Å². The zero-order chi connectivity index (χ0) is 12.0. The van der Waals surface area contributed by atoms with Gasteiger partial charge in [0.05, 0.1) is 6.04 Å². The van der Waals surface area contributed by atoms with Crippen molar-refractivity contribution in [2.75, 3.05) is 6.54 Å². The van der Waals surface area contributed by atoms with Crippen LogP contribution < -0.4 is 5.32 Å². The van der Waals surface area contributed by atoms with Crippen molar-refractivity contribution in [2.24, 2.45) is 5.41 Å². The summed E-state index contributed by atoms with van der Waals surface area (Å²) in [5.41, 5.74) is 1.26. The Kier molecular flexibility index (Phi) is 2.05. The van der Waals surface area contributed by atoms with E-state index in [4.69, 9.17) is 4.42 Å². The Morgan fingerprint density at radius 2 is 2.22 bits per heavy atom. The topological polar surface area (TPSA) is 63.8 Å². The number of nitrogens with one attached hydrogen (secondary N) is 1. The second-order valence-electron chi connectivity index (χ2n) is 5.30. The Bertz CT molecular complexity index is 561. The average Bonchev–Trinajstić information content (AvgIpc) is 2.84. The van der Waals surface area contributed by atoms with Crippen LogP contribution in [0.3, 0.4) is 0 Å². The van der Waals surface area contributed by atoms with Gasteiger partial charge in [0, 0.05) is 12.7 Å². The maximum atomic E-state index is 5.73. The van der Waals surface area contributed by atoms with Crippen LogP contribution in [0.2, 0.25) is 0 Å². The number of hydrogen-bond acceptors (Lipinski definition) is 5. The van der Waals surface area contributed by atoms with Crippen molar-refractivity contribution in [3.05, 3.63) is 30.3 Å². The molecule has 0 unspecified atom stereocenters. The second-order valence-corrected chi connectivity index (χ2v) is 5.30. The number of aromatic nitrogens is 3. The Morgan fingerprint density at radius 3 is 2.94 bits per heavy atom. The van der Waals surface area contributed by atoms with Crippen LogP contribution in [-0.4, -0.2) is 21.7 Å². The van der Waals surface area contributed by atoms with Gasteiger partial charge >= 0.3 is 0 Å². The molecule has 18 heavy (non-hydrogen) atoms. The Morgan fingerprint density at radius 1 is 1.28 bits per heavy atom. The van der Waals surface area contributed by atoms with Crippen molar-refractivity contribution in [1.29, 1.82) is 0 Å². The Labute approximate surface area is 105 Å². The number of nitrogens with zero attached hydrogens (tertiary/aromatic N) is 3. The maximum Gasteiger partial charge on any atom is 0.266 e. The van der Waals surface area contributed by atoms with Crippen LogP contribution in [0.15, 0.2) is 28.8 Å². The number of hydrogen-bond donors (Lipinski definition) is 1. The van der Waals surface area contributed by atoms with Crippen LogP contribution >= 0.6 is 0 Å². The predicted molar refractivity (Wildman–Crippen MR) is 64.6 cm³/mol. The van der Waals surface area contributed by atoms with Gasteiger partial charge in [0.15, 0.2) is 0 Å². The van der Waals surface area contributed by atoms with Crippen LogP contribution in [-0.2, 0) is 0 Å². The molecule has 1 aliphatic heterocycles. The fraction of sp³-hybridized carbons (Fsp3) is 0.462. The number of rotatable bonds is 2. The average molecular weight is 242 g/mol. The Balaban J connectivity index is 1.59. The van der Waals surface area contributed by atoms with E-state index in [2.05, 4.69) is 20.5 Å². The summed E-state index contributed by atoms with van der Waals surface area (Å²) in [5.74, 6) is 1.20. The van der Waals surface area contributed by atoms with Gasteiger partial charge in [-0.05, 0) is 36.8 Å². The summed E-state index contributed by atoms with van der Waals surface area (Å²) >= 11 is 0. The molecule has 4 rings (SSSR count). The first-order valence-corrected chi connectivity index (χ1v) is 6.33. The normalized spacial score (nSPS) is 24.6. The molecular formula is C13H14N4O. The van der Waals surface area contributed by atoms with E-state index in [1.54, 1.807) is 6.20 Å². The summed E-state index contributed by atoms with van der Waals surface area (Å²) in [6, 6.07) is 5.88. The van der Waals surface area contributed by atoms with Crippen LogP contribution in [0.1, 0.15) is 31.2 Å². The molecule has 0 amide bonds. The van der Waals surface area contributed by atoms with Crippen LogP contribution in [0.5, 0.6) is 0 Å². The zero-order valence-corrected chi connectivity index (χ0v) is 9.97. The van der Waals surface area contributed by atoms with Crippen molar-refractivity contribution in [3.63, 3.8) is 0 Å². The van der Waals surface area contributed by atoms with E-state index in [1.165, 1.54) is 12.8 Å². The summed E-state index contributed by atoms with van der Waals surface area (Å²) in [5, 5.41) is 11.7. The van der Waals surface area contributed by atoms with Crippen molar-refractivity contribution >= 4 is 0 Å². The molecule has 2 aliphatic rings. The minimum absolute atomic E-state index is 0.220. The predicted octanol–water partition coefficient (Wildman–Crippen LogP) is 1.95. The summed E-state index contributed by atoms with van der Waals surface area (Å²) < 4.78 is 5.73. The molecular weight excluding hydrogens is 228 g/mol. The monoisotopic (exact) mass is 242 g/mol. The maximum absolute atomic E-state index is 5.73. The van der Waals surface area contributed by atoms with E-state index >= 15 is 0 Å². The Hall–Kier alpha value is -1.75. The highest BCUT2D eigenvalue weighted by atomic mass is 16.4. The lowest BCUT2D eigenvalue weighted by atomic mass is 10.0. The smallest absolute Gasteiger partial charge is 0.266 e. The molecule has 0 radical (unpaired) electrons. The van der Waals surface area contributed by atoms with Crippen LogP contribution in [0, 0.1) is 5.41 Å². The van der Waals surface area contributed by atoms with E-state index in [-0.39, 0.29) is 6.04 Å². The molecule has 1 aliphatic carbocycles. The lowest BCUT2D eigenvalue weighted by molar-refractivity contribution is 0.427. The van der Waals surface area contributed by atoms with E-state index < -0.39 is 0 Å². The molecule has 2 aromatic rings. The molecule has 0 bridgehead atoms. The highest BCUT2D eigenvalue weighted by Gasteiger charge is 2.49. The quantitative estimate of drug-likeness (QED) is 0.872. The van der Waals surface area contributed by atoms with Crippen LogP contribution in [0.25, 0.3) is 11.6 Å².